The van der Waals surface area contributed by atoms with Gasteiger partial charge in [-0.15, -0.1) is 13.2 Å². The van der Waals surface area contributed by atoms with Crippen LogP contribution in [0.15, 0.2) is 25.3 Å². The van der Waals surface area contributed by atoms with Gasteiger partial charge in [-0.25, -0.2) is 0 Å². The molecule has 0 rings (SSSR count). The number of hydrogen-bond acceptors (Lipinski definition) is 2. The number of carbonyl (C=O) groups is 2. The predicted molar refractivity (Wildman–Crippen MR) is 64.3 cm³/mol. The minimum atomic E-state index is -0.668. The van der Waals surface area contributed by atoms with Crippen molar-refractivity contribution in [1.29, 1.82) is 0 Å². The van der Waals surface area contributed by atoms with E-state index in [4.69, 9.17) is 11.5 Å². The van der Waals surface area contributed by atoms with E-state index in [0.717, 1.165) is 0 Å². The molecule has 0 radical (unpaired) electrons. The van der Waals surface area contributed by atoms with Crippen molar-refractivity contribution < 1.29 is 9.59 Å². The molecule has 90 valence electrons. The fourth-order valence-corrected chi connectivity index (χ4v) is 1.77. The largest absolute Gasteiger partial charge is 0.370 e. The van der Waals surface area contributed by atoms with Gasteiger partial charge in [0.1, 0.15) is 0 Å². The van der Waals surface area contributed by atoms with Gasteiger partial charge < -0.3 is 11.5 Å². The molecule has 0 aliphatic carbocycles. The van der Waals surface area contributed by atoms with Crippen LogP contribution in [0.4, 0.5) is 0 Å². The lowest BCUT2D eigenvalue weighted by atomic mass is 9.76. The van der Waals surface area contributed by atoms with E-state index in [1.54, 1.807) is 12.2 Å². The first-order valence-electron chi connectivity index (χ1n) is 5.28. The molecule has 4 nitrogen and oxygen atoms in total. The summed E-state index contributed by atoms with van der Waals surface area (Å²) in [7, 11) is 0. The highest BCUT2D eigenvalue weighted by Gasteiger charge is 2.33. The van der Waals surface area contributed by atoms with Crippen LogP contribution < -0.4 is 11.5 Å². The zero-order chi connectivity index (χ0) is 12.6. The van der Waals surface area contributed by atoms with E-state index < -0.39 is 5.41 Å². The van der Waals surface area contributed by atoms with Crippen molar-refractivity contribution >= 4 is 11.8 Å². The lowest BCUT2D eigenvalue weighted by molar-refractivity contribution is -0.128. The molecule has 0 aliphatic rings. The van der Waals surface area contributed by atoms with Crippen LogP contribution in [0.3, 0.4) is 0 Å². The van der Waals surface area contributed by atoms with Crippen LogP contribution in [0.5, 0.6) is 0 Å². The molecule has 0 saturated heterocycles. The molecule has 0 spiro atoms. The van der Waals surface area contributed by atoms with E-state index in [-0.39, 0.29) is 18.2 Å². The zero-order valence-corrected chi connectivity index (χ0v) is 9.58. The summed E-state index contributed by atoms with van der Waals surface area (Å²) in [5, 5.41) is 0. The van der Waals surface area contributed by atoms with Gasteiger partial charge >= 0.3 is 0 Å². The monoisotopic (exact) mass is 224 g/mol. The van der Waals surface area contributed by atoms with Crippen molar-refractivity contribution in [2.45, 2.75) is 32.1 Å². The van der Waals surface area contributed by atoms with E-state index in [1.807, 2.05) is 0 Å². The van der Waals surface area contributed by atoms with Crippen LogP contribution in [0.25, 0.3) is 0 Å². The fraction of sp³-hybridized carbons (Fsp3) is 0.500. The third-order valence-corrected chi connectivity index (χ3v) is 2.67. The van der Waals surface area contributed by atoms with Crippen molar-refractivity contribution in [3.63, 3.8) is 0 Å². The second kappa shape index (κ2) is 6.82. The first-order chi connectivity index (χ1) is 7.48. The average Bonchev–Trinajstić information content (AvgIpc) is 2.17. The first-order valence-corrected chi connectivity index (χ1v) is 5.28. The van der Waals surface area contributed by atoms with Gasteiger partial charge in [-0.05, 0) is 25.7 Å². The molecule has 0 aromatic rings. The standard InChI is InChI=1S/C12H20N2O2/c1-3-7-12(8-4-2,11(14)16)9-5-6-10(13)15/h3-4H,1-2,5-9H2,(H2,13,15)(H2,14,16). The van der Waals surface area contributed by atoms with Crippen molar-refractivity contribution in [3.8, 4) is 0 Å². The van der Waals surface area contributed by atoms with Gasteiger partial charge in [0.2, 0.25) is 11.8 Å². The molecule has 0 saturated carbocycles. The molecule has 0 heterocycles. The SMILES string of the molecule is C=CCC(CC=C)(CCCC(N)=O)C(N)=O. The molecule has 0 aliphatic heterocycles. The molecule has 2 amide bonds. The normalized spacial score (nSPS) is 10.8. The van der Waals surface area contributed by atoms with Crippen molar-refractivity contribution in [2.24, 2.45) is 16.9 Å². The summed E-state index contributed by atoms with van der Waals surface area (Å²) < 4.78 is 0. The molecular weight excluding hydrogens is 204 g/mol. The van der Waals surface area contributed by atoms with E-state index in [9.17, 15) is 9.59 Å². The number of nitrogens with two attached hydrogens (primary N) is 2. The summed E-state index contributed by atoms with van der Waals surface area (Å²) in [5.41, 5.74) is 9.79. The van der Waals surface area contributed by atoms with Crippen LogP contribution in [-0.4, -0.2) is 11.8 Å². The summed E-state index contributed by atoms with van der Waals surface area (Å²) in [4.78, 5) is 22.1. The zero-order valence-electron chi connectivity index (χ0n) is 9.58. The van der Waals surface area contributed by atoms with E-state index >= 15 is 0 Å². The quantitative estimate of drug-likeness (QED) is 0.578. The summed E-state index contributed by atoms with van der Waals surface area (Å²) >= 11 is 0. The Labute approximate surface area is 96.4 Å². The smallest absolute Gasteiger partial charge is 0.224 e. The molecule has 16 heavy (non-hydrogen) atoms. The lowest BCUT2D eigenvalue weighted by Crippen LogP contribution is -2.36. The highest BCUT2D eigenvalue weighted by atomic mass is 16.1. The predicted octanol–water partition coefficient (Wildman–Crippen LogP) is 1.27. The number of primary amides is 2. The third kappa shape index (κ3) is 4.29. The Bertz CT molecular complexity index is 275. The van der Waals surface area contributed by atoms with Gasteiger partial charge in [-0.2, -0.15) is 0 Å². The Hall–Kier alpha value is -1.58. The second-order valence-electron chi connectivity index (χ2n) is 3.95. The maximum atomic E-state index is 11.5. The molecule has 0 unspecified atom stereocenters. The first kappa shape index (κ1) is 14.4. The number of amides is 2. The van der Waals surface area contributed by atoms with Gasteiger partial charge in [-0.3, -0.25) is 9.59 Å². The Morgan fingerprint density at radius 3 is 1.94 bits per heavy atom. The number of hydrogen-bond donors (Lipinski definition) is 2. The minimum Gasteiger partial charge on any atom is -0.370 e. The maximum Gasteiger partial charge on any atom is 0.224 e. The fourth-order valence-electron chi connectivity index (χ4n) is 1.77. The van der Waals surface area contributed by atoms with Gasteiger partial charge in [0.15, 0.2) is 0 Å². The Morgan fingerprint density at radius 1 is 1.12 bits per heavy atom. The number of allylic oxidation sites excluding steroid dienone is 2. The Morgan fingerprint density at radius 2 is 1.62 bits per heavy atom. The summed E-state index contributed by atoms with van der Waals surface area (Å²) in [6.45, 7) is 7.24. The van der Waals surface area contributed by atoms with Gasteiger partial charge in [0.05, 0.1) is 5.41 Å². The van der Waals surface area contributed by atoms with Crippen LogP contribution in [0.2, 0.25) is 0 Å². The molecule has 0 bridgehead atoms. The van der Waals surface area contributed by atoms with Crippen LogP contribution in [-0.2, 0) is 9.59 Å². The van der Waals surface area contributed by atoms with E-state index in [1.165, 1.54) is 0 Å². The van der Waals surface area contributed by atoms with Gasteiger partial charge in [0, 0.05) is 6.42 Å². The number of carbonyl (C=O) groups excluding carboxylic acids is 2. The maximum absolute atomic E-state index is 11.5. The average molecular weight is 224 g/mol. The second-order valence-corrected chi connectivity index (χ2v) is 3.95. The number of rotatable bonds is 9. The molecule has 4 heteroatoms. The molecule has 0 aromatic carbocycles. The van der Waals surface area contributed by atoms with Crippen molar-refractivity contribution in [1.82, 2.24) is 0 Å². The molecule has 0 aromatic heterocycles. The van der Waals surface area contributed by atoms with Crippen LogP contribution in [0, 0.1) is 5.41 Å². The summed E-state index contributed by atoms with van der Waals surface area (Å²) in [6, 6.07) is 0. The van der Waals surface area contributed by atoms with E-state index in [2.05, 4.69) is 13.2 Å². The van der Waals surface area contributed by atoms with Gasteiger partial charge in [0.25, 0.3) is 0 Å². The lowest BCUT2D eigenvalue weighted by Gasteiger charge is -2.28. The van der Waals surface area contributed by atoms with E-state index in [0.29, 0.717) is 25.7 Å². The Kier molecular flexibility index (Phi) is 6.15. The molecule has 0 fully saturated rings. The van der Waals surface area contributed by atoms with Crippen LogP contribution >= 0.6 is 0 Å². The topological polar surface area (TPSA) is 86.2 Å². The molecule has 4 N–H and O–H groups in total. The summed E-state index contributed by atoms with van der Waals surface area (Å²) in [5.74, 6) is -0.743. The highest BCUT2D eigenvalue weighted by molar-refractivity contribution is 5.81. The Balaban J connectivity index is 4.60. The highest BCUT2D eigenvalue weighted by Crippen LogP contribution is 2.33. The molecule has 0 atom stereocenters. The summed E-state index contributed by atoms with van der Waals surface area (Å²) in [6.07, 6.45) is 5.67. The van der Waals surface area contributed by atoms with Crippen LogP contribution in [0.1, 0.15) is 32.1 Å². The van der Waals surface area contributed by atoms with Crippen molar-refractivity contribution in [3.05, 3.63) is 25.3 Å². The third-order valence-electron chi connectivity index (χ3n) is 2.67. The van der Waals surface area contributed by atoms with Crippen molar-refractivity contribution in [2.75, 3.05) is 0 Å². The molecular formula is C12H20N2O2. The van der Waals surface area contributed by atoms with Gasteiger partial charge in [-0.1, -0.05) is 12.2 Å². The minimum absolute atomic E-state index is 0.267.